The van der Waals surface area contributed by atoms with Gasteiger partial charge in [-0.1, -0.05) is 30.2 Å². The number of hydrogen-bond donors (Lipinski definition) is 0. The summed E-state index contributed by atoms with van der Waals surface area (Å²) in [7, 11) is 0. The summed E-state index contributed by atoms with van der Waals surface area (Å²) in [6.07, 6.45) is 5.97. The Hall–Kier alpha value is -1.06. The molecule has 0 saturated carbocycles. The highest BCUT2D eigenvalue weighted by molar-refractivity contribution is 6.30. The molecule has 0 aromatic heterocycles. The Morgan fingerprint density at radius 1 is 1.09 bits per heavy atom. The van der Waals surface area contributed by atoms with Crippen molar-refractivity contribution in [1.82, 2.24) is 9.80 Å². The summed E-state index contributed by atoms with van der Waals surface area (Å²) in [6.45, 7) is 4.63. The minimum atomic E-state index is 0.320. The fourth-order valence-corrected chi connectivity index (χ4v) is 3.71. The smallest absolute Gasteiger partial charge is 0.236 e. The van der Waals surface area contributed by atoms with Crippen molar-refractivity contribution >= 4 is 17.5 Å². The van der Waals surface area contributed by atoms with Gasteiger partial charge < -0.3 is 4.90 Å². The Balaban J connectivity index is 1.46. The fourth-order valence-electron chi connectivity index (χ4n) is 3.59. The summed E-state index contributed by atoms with van der Waals surface area (Å²) in [5.74, 6) is 0.909. The van der Waals surface area contributed by atoms with Crippen LogP contribution in [0.1, 0.15) is 31.2 Å². The third-order valence-electron chi connectivity index (χ3n) is 4.88. The molecule has 1 aromatic carbocycles. The molecular weight excluding hydrogens is 296 g/mol. The molecule has 1 unspecified atom stereocenters. The number of rotatable bonds is 4. The number of nitrogens with zero attached hydrogens (tertiary/aromatic N) is 2. The number of likely N-dealkylation sites (tertiary alicyclic amines) is 2. The molecule has 2 aliphatic rings. The Labute approximate surface area is 138 Å². The van der Waals surface area contributed by atoms with Crippen LogP contribution in [-0.4, -0.2) is 48.4 Å². The molecule has 0 N–H and O–H groups in total. The highest BCUT2D eigenvalue weighted by atomic mass is 35.5. The molecule has 1 atom stereocenters. The lowest BCUT2D eigenvalue weighted by molar-refractivity contribution is -0.131. The van der Waals surface area contributed by atoms with Gasteiger partial charge in [-0.15, -0.1) is 0 Å². The fraction of sp³-hybridized carbons (Fsp3) is 0.611. The van der Waals surface area contributed by atoms with E-state index in [1.54, 1.807) is 0 Å². The zero-order chi connectivity index (χ0) is 15.4. The van der Waals surface area contributed by atoms with E-state index in [-0.39, 0.29) is 0 Å². The first kappa shape index (κ1) is 15.8. The van der Waals surface area contributed by atoms with Gasteiger partial charge in [-0.2, -0.15) is 0 Å². The number of carbonyl (C=O) groups excluding carboxylic acids is 1. The first-order valence-corrected chi connectivity index (χ1v) is 8.83. The predicted molar refractivity (Wildman–Crippen MR) is 90.1 cm³/mol. The number of amides is 1. The zero-order valence-electron chi connectivity index (χ0n) is 13.1. The number of halogens is 1. The van der Waals surface area contributed by atoms with E-state index in [1.807, 2.05) is 12.1 Å². The second kappa shape index (κ2) is 7.47. The molecule has 2 aliphatic heterocycles. The highest BCUT2D eigenvalue weighted by Crippen LogP contribution is 2.22. The minimum absolute atomic E-state index is 0.320. The van der Waals surface area contributed by atoms with E-state index in [0.29, 0.717) is 18.4 Å². The van der Waals surface area contributed by atoms with Crippen molar-refractivity contribution in [2.45, 2.75) is 32.1 Å². The number of benzene rings is 1. The maximum atomic E-state index is 12.4. The van der Waals surface area contributed by atoms with Crippen LogP contribution in [0.2, 0.25) is 5.02 Å². The van der Waals surface area contributed by atoms with Gasteiger partial charge in [0, 0.05) is 18.1 Å². The van der Waals surface area contributed by atoms with Crippen LogP contribution in [0.4, 0.5) is 0 Å². The Morgan fingerprint density at radius 2 is 1.82 bits per heavy atom. The Morgan fingerprint density at radius 3 is 2.55 bits per heavy atom. The van der Waals surface area contributed by atoms with E-state index in [2.05, 4.69) is 21.9 Å². The largest absolute Gasteiger partial charge is 0.341 e. The van der Waals surface area contributed by atoms with Gasteiger partial charge in [0.2, 0.25) is 5.91 Å². The maximum Gasteiger partial charge on any atom is 0.236 e. The highest BCUT2D eigenvalue weighted by Gasteiger charge is 2.27. The molecule has 2 saturated heterocycles. The van der Waals surface area contributed by atoms with Gasteiger partial charge >= 0.3 is 0 Å². The van der Waals surface area contributed by atoms with Crippen molar-refractivity contribution in [3.8, 4) is 0 Å². The van der Waals surface area contributed by atoms with Crippen molar-refractivity contribution in [2.24, 2.45) is 5.92 Å². The lowest BCUT2D eigenvalue weighted by atomic mass is 9.99. The molecule has 22 heavy (non-hydrogen) atoms. The first-order chi connectivity index (χ1) is 10.7. The van der Waals surface area contributed by atoms with Crippen LogP contribution in [0.5, 0.6) is 0 Å². The minimum Gasteiger partial charge on any atom is -0.341 e. The van der Waals surface area contributed by atoms with E-state index >= 15 is 0 Å². The van der Waals surface area contributed by atoms with Crippen LogP contribution < -0.4 is 0 Å². The normalized spacial score (nSPS) is 23.0. The second-order valence-corrected chi connectivity index (χ2v) is 7.10. The molecule has 2 fully saturated rings. The molecule has 3 nitrogen and oxygen atoms in total. The molecule has 0 spiro atoms. The van der Waals surface area contributed by atoms with Crippen LogP contribution in [0.15, 0.2) is 24.3 Å². The van der Waals surface area contributed by atoms with Gasteiger partial charge in [0.25, 0.3) is 0 Å². The van der Waals surface area contributed by atoms with Crippen molar-refractivity contribution in [2.75, 3.05) is 32.7 Å². The SMILES string of the molecule is O=C(CN1CCCCC1)N1CCC(Cc2ccc(Cl)cc2)C1. The van der Waals surface area contributed by atoms with Crippen molar-refractivity contribution in [3.63, 3.8) is 0 Å². The van der Waals surface area contributed by atoms with Gasteiger partial charge in [-0.3, -0.25) is 9.69 Å². The molecule has 3 rings (SSSR count). The Bertz CT molecular complexity index is 496. The lowest BCUT2D eigenvalue weighted by Crippen LogP contribution is -2.41. The molecular formula is C18H25ClN2O. The van der Waals surface area contributed by atoms with E-state index in [4.69, 9.17) is 11.6 Å². The first-order valence-electron chi connectivity index (χ1n) is 8.45. The lowest BCUT2D eigenvalue weighted by Gasteiger charge is -2.28. The van der Waals surface area contributed by atoms with E-state index in [0.717, 1.165) is 44.0 Å². The maximum absolute atomic E-state index is 12.4. The molecule has 1 amide bonds. The molecule has 120 valence electrons. The van der Waals surface area contributed by atoms with Crippen molar-refractivity contribution in [1.29, 1.82) is 0 Å². The molecule has 0 radical (unpaired) electrons. The summed E-state index contributed by atoms with van der Waals surface area (Å²) in [5.41, 5.74) is 1.32. The van der Waals surface area contributed by atoms with Crippen LogP contribution in [0.3, 0.4) is 0 Å². The zero-order valence-corrected chi connectivity index (χ0v) is 13.9. The van der Waals surface area contributed by atoms with Gasteiger partial charge in [-0.05, 0) is 62.4 Å². The Kier molecular flexibility index (Phi) is 5.37. The second-order valence-electron chi connectivity index (χ2n) is 6.66. The van der Waals surface area contributed by atoms with E-state index in [1.165, 1.54) is 24.8 Å². The van der Waals surface area contributed by atoms with E-state index in [9.17, 15) is 4.79 Å². The monoisotopic (exact) mass is 320 g/mol. The van der Waals surface area contributed by atoms with Crippen LogP contribution >= 0.6 is 11.6 Å². The number of piperidine rings is 1. The van der Waals surface area contributed by atoms with Gasteiger partial charge in [0.15, 0.2) is 0 Å². The topological polar surface area (TPSA) is 23.6 Å². The predicted octanol–water partition coefficient (Wildman–Crippen LogP) is 3.22. The molecule has 4 heteroatoms. The van der Waals surface area contributed by atoms with Crippen LogP contribution in [0.25, 0.3) is 0 Å². The van der Waals surface area contributed by atoms with Gasteiger partial charge in [0.1, 0.15) is 0 Å². The summed E-state index contributed by atoms with van der Waals surface area (Å²) in [5, 5.41) is 0.786. The quantitative estimate of drug-likeness (QED) is 0.850. The van der Waals surface area contributed by atoms with Gasteiger partial charge in [0.05, 0.1) is 6.54 Å². The molecule has 0 bridgehead atoms. The average molecular weight is 321 g/mol. The third kappa shape index (κ3) is 4.23. The summed E-state index contributed by atoms with van der Waals surface area (Å²) < 4.78 is 0. The van der Waals surface area contributed by atoms with E-state index < -0.39 is 0 Å². The van der Waals surface area contributed by atoms with Crippen LogP contribution in [0, 0.1) is 5.92 Å². The molecule has 0 aliphatic carbocycles. The number of hydrogen-bond acceptors (Lipinski definition) is 2. The van der Waals surface area contributed by atoms with Crippen molar-refractivity contribution in [3.05, 3.63) is 34.9 Å². The molecule has 1 aromatic rings. The van der Waals surface area contributed by atoms with Crippen molar-refractivity contribution < 1.29 is 4.79 Å². The summed E-state index contributed by atoms with van der Waals surface area (Å²) in [6, 6.07) is 8.09. The summed E-state index contributed by atoms with van der Waals surface area (Å²) in [4.78, 5) is 16.8. The standard InChI is InChI=1S/C18H25ClN2O/c19-17-6-4-15(5-7-17)12-16-8-11-21(13-16)18(22)14-20-9-2-1-3-10-20/h4-7,16H,1-3,8-14H2. The van der Waals surface area contributed by atoms with Crippen LogP contribution in [-0.2, 0) is 11.2 Å². The molecule has 2 heterocycles. The summed E-state index contributed by atoms with van der Waals surface area (Å²) >= 11 is 5.93. The average Bonchev–Trinajstić information content (AvgIpc) is 2.99. The third-order valence-corrected chi connectivity index (χ3v) is 5.14. The van der Waals surface area contributed by atoms with Gasteiger partial charge in [-0.25, -0.2) is 0 Å². The number of carbonyl (C=O) groups is 1.